The average Bonchev–Trinajstić information content (AvgIpc) is 3.18. The van der Waals surface area contributed by atoms with Gasteiger partial charge in [-0.3, -0.25) is 20.2 Å². The molecule has 1 fully saturated rings. The van der Waals surface area contributed by atoms with Crippen LogP contribution >= 0.6 is 0 Å². The van der Waals surface area contributed by atoms with Crippen molar-refractivity contribution in [2.45, 2.75) is 19.0 Å². The molecule has 7 heteroatoms. The molecule has 2 atom stereocenters. The molecule has 0 bridgehead atoms. The Morgan fingerprint density at radius 2 is 1.68 bits per heavy atom. The van der Waals surface area contributed by atoms with Crippen LogP contribution in [0.5, 0.6) is 0 Å². The van der Waals surface area contributed by atoms with Gasteiger partial charge in [-0.1, -0.05) is 30.3 Å². The monoisotopic (exact) mass is 299 g/mol. The van der Waals surface area contributed by atoms with Crippen LogP contribution in [0.2, 0.25) is 0 Å². The first-order chi connectivity index (χ1) is 10.5. The predicted molar refractivity (Wildman–Crippen MR) is 80.9 cm³/mol. The van der Waals surface area contributed by atoms with Crippen molar-refractivity contribution in [3.8, 4) is 0 Å². The lowest BCUT2D eigenvalue weighted by Crippen LogP contribution is -2.02. The van der Waals surface area contributed by atoms with E-state index in [0.717, 1.165) is 11.6 Å². The van der Waals surface area contributed by atoms with E-state index in [9.17, 15) is 20.2 Å². The molecular weight excluding hydrogens is 286 g/mol. The molecule has 0 radical (unpaired) electrons. The first-order valence-corrected chi connectivity index (χ1v) is 6.77. The van der Waals surface area contributed by atoms with Crippen molar-refractivity contribution in [1.29, 1.82) is 0 Å². The lowest BCUT2D eigenvalue weighted by Gasteiger charge is -2.07. The summed E-state index contributed by atoms with van der Waals surface area (Å²) in [5.41, 5.74) is 0.972. The number of nitro benzene ring substituents is 2. The number of nitro groups is 2. The third-order valence-electron chi connectivity index (χ3n) is 3.89. The Bertz CT molecular complexity index is 748. The number of nitrogens with zero attached hydrogens (tertiary/aromatic N) is 3. The van der Waals surface area contributed by atoms with E-state index in [0.29, 0.717) is 5.69 Å². The molecular formula is C15H13N3O4. The van der Waals surface area contributed by atoms with Gasteiger partial charge in [-0.15, -0.1) is 0 Å². The van der Waals surface area contributed by atoms with Gasteiger partial charge in [0.05, 0.1) is 28.0 Å². The largest absolute Gasteiger partial charge is 0.352 e. The lowest BCUT2D eigenvalue weighted by molar-refractivity contribution is -0.393. The van der Waals surface area contributed by atoms with Gasteiger partial charge in [0.15, 0.2) is 0 Å². The van der Waals surface area contributed by atoms with Gasteiger partial charge in [0.1, 0.15) is 5.69 Å². The summed E-state index contributed by atoms with van der Waals surface area (Å²) in [4.78, 5) is 22.7. The zero-order valence-corrected chi connectivity index (χ0v) is 11.7. The minimum Gasteiger partial charge on any atom is -0.352 e. The average molecular weight is 299 g/mol. The van der Waals surface area contributed by atoms with E-state index in [4.69, 9.17) is 0 Å². The summed E-state index contributed by atoms with van der Waals surface area (Å²) in [5.74, 6) is 0. The molecule has 0 aromatic heterocycles. The smallest absolute Gasteiger partial charge is 0.299 e. The fraction of sp³-hybridized carbons (Fsp3) is 0.200. The maximum Gasteiger partial charge on any atom is 0.299 e. The summed E-state index contributed by atoms with van der Waals surface area (Å²) in [6.45, 7) is 1.98. The van der Waals surface area contributed by atoms with Crippen LogP contribution in [0.15, 0.2) is 48.5 Å². The van der Waals surface area contributed by atoms with Crippen LogP contribution in [-0.4, -0.2) is 15.9 Å². The van der Waals surface area contributed by atoms with Crippen molar-refractivity contribution in [2.24, 2.45) is 0 Å². The Balaban J connectivity index is 1.99. The summed E-state index contributed by atoms with van der Waals surface area (Å²) in [5, 5.41) is 22.0. The van der Waals surface area contributed by atoms with Gasteiger partial charge in [-0.2, -0.15) is 0 Å². The van der Waals surface area contributed by atoms with Gasteiger partial charge in [-0.05, 0) is 18.6 Å². The first-order valence-electron chi connectivity index (χ1n) is 6.77. The highest BCUT2D eigenvalue weighted by molar-refractivity contribution is 5.72. The SMILES string of the molecule is C[C@@H]1[C@@H](c2ccccc2)N1c1ccc([N+](=O)[O-])cc1[N+](=O)[O-]. The highest BCUT2D eigenvalue weighted by Crippen LogP contribution is 2.50. The summed E-state index contributed by atoms with van der Waals surface area (Å²) in [6.07, 6.45) is 0. The molecule has 0 aliphatic carbocycles. The van der Waals surface area contributed by atoms with Crippen LogP contribution in [0.3, 0.4) is 0 Å². The number of anilines is 1. The normalized spacial score (nSPS) is 19.8. The fourth-order valence-electron chi connectivity index (χ4n) is 2.80. The lowest BCUT2D eigenvalue weighted by atomic mass is 10.1. The Morgan fingerprint density at radius 1 is 1.00 bits per heavy atom. The zero-order chi connectivity index (χ0) is 15.9. The zero-order valence-electron chi connectivity index (χ0n) is 11.7. The maximum absolute atomic E-state index is 11.2. The van der Waals surface area contributed by atoms with E-state index in [-0.39, 0.29) is 23.5 Å². The first kappa shape index (κ1) is 14.0. The molecule has 0 unspecified atom stereocenters. The summed E-state index contributed by atoms with van der Waals surface area (Å²) < 4.78 is 0. The van der Waals surface area contributed by atoms with E-state index in [1.807, 2.05) is 42.2 Å². The van der Waals surface area contributed by atoms with Gasteiger partial charge in [0.25, 0.3) is 11.4 Å². The highest BCUT2D eigenvalue weighted by Gasteiger charge is 2.47. The molecule has 0 amide bonds. The second-order valence-electron chi connectivity index (χ2n) is 5.19. The van der Waals surface area contributed by atoms with Crippen LogP contribution in [-0.2, 0) is 0 Å². The molecule has 1 saturated heterocycles. The second-order valence-corrected chi connectivity index (χ2v) is 5.19. The van der Waals surface area contributed by atoms with Crippen LogP contribution in [0.25, 0.3) is 0 Å². The Hall–Kier alpha value is -2.96. The molecule has 0 N–H and O–H groups in total. The number of hydrogen-bond acceptors (Lipinski definition) is 5. The molecule has 0 spiro atoms. The van der Waals surface area contributed by atoms with E-state index in [2.05, 4.69) is 0 Å². The van der Waals surface area contributed by atoms with Crippen molar-refractivity contribution in [3.05, 3.63) is 74.3 Å². The van der Waals surface area contributed by atoms with Crippen molar-refractivity contribution >= 4 is 17.1 Å². The molecule has 22 heavy (non-hydrogen) atoms. The summed E-state index contributed by atoms with van der Waals surface area (Å²) in [7, 11) is 0. The minimum atomic E-state index is -0.628. The molecule has 2 aromatic carbocycles. The van der Waals surface area contributed by atoms with Gasteiger partial charge >= 0.3 is 0 Å². The Morgan fingerprint density at radius 3 is 2.27 bits per heavy atom. The molecule has 7 nitrogen and oxygen atoms in total. The quantitative estimate of drug-likeness (QED) is 0.490. The Kier molecular flexibility index (Phi) is 3.25. The topological polar surface area (TPSA) is 89.3 Å². The minimum absolute atomic E-state index is 0.0568. The van der Waals surface area contributed by atoms with Crippen molar-refractivity contribution < 1.29 is 9.85 Å². The number of rotatable bonds is 4. The van der Waals surface area contributed by atoms with Crippen LogP contribution < -0.4 is 4.90 Å². The van der Waals surface area contributed by atoms with Gasteiger partial charge in [0.2, 0.25) is 0 Å². The standard InChI is InChI=1S/C15H13N3O4/c1-10-15(11-5-3-2-4-6-11)16(10)13-8-7-12(17(19)20)9-14(13)18(21)22/h2-10,15H,1H3/t10-,15+,16?/m1/s1. The van der Waals surface area contributed by atoms with E-state index >= 15 is 0 Å². The number of non-ortho nitro benzene ring substituents is 1. The third kappa shape index (κ3) is 2.26. The van der Waals surface area contributed by atoms with E-state index < -0.39 is 9.85 Å². The molecule has 2 aromatic rings. The van der Waals surface area contributed by atoms with Crippen molar-refractivity contribution in [3.63, 3.8) is 0 Å². The van der Waals surface area contributed by atoms with E-state index in [1.54, 1.807) is 0 Å². The molecule has 112 valence electrons. The van der Waals surface area contributed by atoms with Crippen LogP contribution in [0, 0.1) is 20.2 Å². The van der Waals surface area contributed by atoms with Gasteiger partial charge in [-0.25, -0.2) is 0 Å². The predicted octanol–water partition coefficient (Wildman–Crippen LogP) is 3.45. The highest BCUT2D eigenvalue weighted by atomic mass is 16.6. The fourth-order valence-corrected chi connectivity index (χ4v) is 2.80. The van der Waals surface area contributed by atoms with Crippen molar-refractivity contribution in [1.82, 2.24) is 0 Å². The molecule has 1 heterocycles. The van der Waals surface area contributed by atoms with Gasteiger partial charge < -0.3 is 4.90 Å². The van der Waals surface area contributed by atoms with Gasteiger partial charge in [0, 0.05) is 6.07 Å². The summed E-state index contributed by atoms with van der Waals surface area (Å²) >= 11 is 0. The van der Waals surface area contributed by atoms with Crippen LogP contribution in [0.4, 0.5) is 17.1 Å². The van der Waals surface area contributed by atoms with E-state index in [1.165, 1.54) is 12.1 Å². The summed E-state index contributed by atoms with van der Waals surface area (Å²) in [6, 6.07) is 13.6. The number of hydrogen-bond donors (Lipinski definition) is 0. The third-order valence-corrected chi connectivity index (χ3v) is 3.89. The molecule has 1 aliphatic heterocycles. The molecule has 3 rings (SSSR count). The molecule has 1 aliphatic rings. The molecule has 0 saturated carbocycles. The van der Waals surface area contributed by atoms with Crippen molar-refractivity contribution in [2.75, 3.05) is 4.90 Å². The maximum atomic E-state index is 11.2. The van der Waals surface area contributed by atoms with Crippen LogP contribution in [0.1, 0.15) is 18.5 Å². The Labute approximate surface area is 126 Å². The number of benzene rings is 2. The second kappa shape index (κ2) is 5.10.